The molecule has 0 atom stereocenters. The maximum Gasteiger partial charge on any atom is 0.266 e. The molecule has 1 aromatic carbocycles. The van der Waals surface area contributed by atoms with E-state index in [-0.39, 0.29) is 11.5 Å². The average molecular weight is 284 g/mol. The zero-order chi connectivity index (χ0) is 15.2. The molecule has 0 unspecified atom stereocenters. The standard InChI is InChI=1S/C16H20N4O/c1-12-5-6-15(14(18)9-12)19-11-13(10-17)16(21)20-7-3-2-4-8-20/h5-6,9,11,19H,2-4,7-8,18H2,1H3/b13-11-. The quantitative estimate of drug-likeness (QED) is 0.507. The van der Waals surface area contributed by atoms with E-state index in [1.54, 1.807) is 4.90 Å². The molecule has 5 nitrogen and oxygen atoms in total. The van der Waals surface area contributed by atoms with Crippen LogP contribution in [0.3, 0.4) is 0 Å². The van der Waals surface area contributed by atoms with Gasteiger partial charge in [-0.3, -0.25) is 4.79 Å². The number of anilines is 2. The number of carbonyl (C=O) groups is 1. The zero-order valence-corrected chi connectivity index (χ0v) is 12.2. The summed E-state index contributed by atoms with van der Waals surface area (Å²) in [5.74, 6) is -0.213. The number of nitrogens with two attached hydrogens (primary N) is 1. The Morgan fingerprint density at radius 3 is 2.71 bits per heavy atom. The van der Waals surface area contributed by atoms with Gasteiger partial charge in [0.25, 0.3) is 5.91 Å². The van der Waals surface area contributed by atoms with E-state index in [4.69, 9.17) is 5.73 Å². The number of piperidine rings is 1. The number of amides is 1. The third kappa shape index (κ3) is 3.76. The van der Waals surface area contributed by atoms with Crippen molar-refractivity contribution in [1.82, 2.24) is 4.90 Å². The van der Waals surface area contributed by atoms with Crippen molar-refractivity contribution >= 4 is 17.3 Å². The fourth-order valence-corrected chi connectivity index (χ4v) is 2.37. The third-order valence-electron chi connectivity index (χ3n) is 3.57. The Bertz CT molecular complexity index is 595. The molecule has 0 aromatic heterocycles. The van der Waals surface area contributed by atoms with Gasteiger partial charge in [-0.05, 0) is 43.9 Å². The first-order valence-electron chi connectivity index (χ1n) is 7.14. The van der Waals surface area contributed by atoms with Gasteiger partial charge in [0.05, 0.1) is 11.4 Å². The van der Waals surface area contributed by atoms with Crippen LogP contribution in [-0.2, 0) is 4.79 Å². The van der Waals surface area contributed by atoms with Crippen LogP contribution in [0.25, 0.3) is 0 Å². The van der Waals surface area contributed by atoms with Crippen LogP contribution in [0.2, 0.25) is 0 Å². The maximum atomic E-state index is 12.3. The summed E-state index contributed by atoms with van der Waals surface area (Å²) in [5.41, 5.74) is 8.35. The Labute approximate surface area is 125 Å². The Hall–Kier alpha value is -2.48. The molecule has 1 saturated heterocycles. The first-order valence-corrected chi connectivity index (χ1v) is 7.14. The van der Waals surface area contributed by atoms with Gasteiger partial charge in [-0.2, -0.15) is 5.26 Å². The smallest absolute Gasteiger partial charge is 0.266 e. The predicted molar refractivity (Wildman–Crippen MR) is 83.3 cm³/mol. The lowest BCUT2D eigenvalue weighted by Gasteiger charge is -2.26. The molecule has 1 fully saturated rings. The van der Waals surface area contributed by atoms with E-state index in [9.17, 15) is 10.1 Å². The summed E-state index contributed by atoms with van der Waals surface area (Å²) < 4.78 is 0. The second-order valence-electron chi connectivity index (χ2n) is 5.26. The Balaban J connectivity index is 2.09. The van der Waals surface area contributed by atoms with Gasteiger partial charge in [-0.25, -0.2) is 0 Å². The number of nitrogens with zero attached hydrogens (tertiary/aromatic N) is 2. The molecule has 0 spiro atoms. The lowest BCUT2D eigenvalue weighted by atomic mass is 10.1. The lowest BCUT2D eigenvalue weighted by molar-refractivity contribution is -0.127. The SMILES string of the molecule is Cc1ccc(N/C=C(/C#N)C(=O)N2CCCCC2)c(N)c1. The summed E-state index contributed by atoms with van der Waals surface area (Å²) in [7, 11) is 0. The van der Waals surface area contributed by atoms with Crippen molar-refractivity contribution in [3.63, 3.8) is 0 Å². The van der Waals surface area contributed by atoms with E-state index in [0.717, 1.165) is 37.9 Å². The normalized spacial score (nSPS) is 15.4. The molecule has 1 heterocycles. The summed E-state index contributed by atoms with van der Waals surface area (Å²) in [6, 6.07) is 7.57. The Morgan fingerprint density at radius 2 is 2.10 bits per heavy atom. The van der Waals surface area contributed by atoms with Crippen molar-refractivity contribution in [2.45, 2.75) is 26.2 Å². The van der Waals surface area contributed by atoms with Crippen LogP contribution in [0.1, 0.15) is 24.8 Å². The van der Waals surface area contributed by atoms with E-state index in [1.807, 2.05) is 31.2 Å². The van der Waals surface area contributed by atoms with Crippen LogP contribution in [0.4, 0.5) is 11.4 Å². The molecule has 1 aliphatic rings. The van der Waals surface area contributed by atoms with Crippen molar-refractivity contribution in [3.8, 4) is 6.07 Å². The van der Waals surface area contributed by atoms with Gasteiger partial charge in [0.1, 0.15) is 11.6 Å². The summed E-state index contributed by atoms with van der Waals surface area (Å²) in [6.45, 7) is 3.41. The van der Waals surface area contributed by atoms with E-state index < -0.39 is 0 Å². The van der Waals surface area contributed by atoms with Crippen LogP contribution >= 0.6 is 0 Å². The molecular weight excluding hydrogens is 264 g/mol. The summed E-state index contributed by atoms with van der Waals surface area (Å²) in [4.78, 5) is 14.0. The minimum absolute atomic E-state index is 0.108. The van der Waals surface area contributed by atoms with Gasteiger partial charge in [-0.15, -0.1) is 0 Å². The fraction of sp³-hybridized carbons (Fsp3) is 0.375. The number of nitrogens with one attached hydrogen (secondary N) is 1. The van der Waals surface area contributed by atoms with Crippen molar-refractivity contribution in [1.29, 1.82) is 5.26 Å². The van der Waals surface area contributed by atoms with Crippen molar-refractivity contribution in [2.75, 3.05) is 24.1 Å². The van der Waals surface area contributed by atoms with Crippen LogP contribution in [0.15, 0.2) is 30.0 Å². The second-order valence-corrected chi connectivity index (χ2v) is 5.26. The largest absolute Gasteiger partial charge is 0.397 e. The molecule has 2 rings (SSSR count). The number of nitrogen functional groups attached to an aromatic ring is 1. The summed E-state index contributed by atoms with van der Waals surface area (Å²) >= 11 is 0. The Kier molecular flexibility index (Phi) is 4.83. The highest BCUT2D eigenvalue weighted by atomic mass is 16.2. The highest BCUT2D eigenvalue weighted by Crippen LogP contribution is 2.20. The molecule has 1 aromatic rings. The van der Waals surface area contributed by atoms with Gasteiger partial charge >= 0.3 is 0 Å². The monoisotopic (exact) mass is 284 g/mol. The number of hydrogen-bond acceptors (Lipinski definition) is 4. The molecule has 1 aliphatic heterocycles. The van der Waals surface area contributed by atoms with E-state index in [1.165, 1.54) is 6.20 Å². The first-order chi connectivity index (χ1) is 10.1. The molecule has 21 heavy (non-hydrogen) atoms. The minimum atomic E-state index is -0.213. The van der Waals surface area contributed by atoms with Gasteiger partial charge < -0.3 is 16.0 Å². The number of carbonyl (C=O) groups excluding carboxylic acids is 1. The molecule has 1 amide bonds. The van der Waals surface area contributed by atoms with E-state index >= 15 is 0 Å². The van der Waals surface area contributed by atoms with E-state index in [2.05, 4.69) is 5.32 Å². The van der Waals surface area contributed by atoms with Crippen LogP contribution in [0.5, 0.6) is 0 Å². The third-order valence-corrected chi connectivity index (χ3v) is 3.57. The van der Waals surface area contributed by atoms with Gasteiger partial charge in [0, 0.05) is 19.3 Å². The number of likely N-dealkylation sites (tertiary alicyclic amines) is 1. The number of nitriles is 1. The maximum absolute atomic E-state index is 12.3. The van der Waals surface area contributed by atoms with Gasteiger partial charge in [-0.1, -0.05) is 6.07 Å². The minimum Gasteiger partial charge on any atom is -0.397 e. The molecular formula is C16H20N4O. The highest BCUT2D eigenvalue weighted by Gasteiger charge is 2.20. The Morgan fingerprint density at radius 1 is 1.38 bits per heavy atom. The predicted octanol–water partition coefficient (Wildman–Crippen LogP) is 2.41. The number of rotatable bonds is 3. The molecule has 0 bridgehead atoms. The molecule has 0 saturated carbocycles. The average Bonchev–Trinajstić information content (AvgIpc) is 2.50. The molecule has 0 radical (unpaired) electrons. The van der Waals surface area contributed by atoms with Gasteiger partial charge in [0.2, 0.25) is 0 Å². The van der Waals surface area contributed by atoms with Crippen LogP contribution < -0.4 is 11.1 Å². The number of hydrogen-bond donors (Lipinski definition) is 2. The van der Waals surface area contributed by atoms with Crippen molar-refractivity contribution in [2.24, 2.45) is 0 Å². The summed E-state index contributed by atoms with van der Waals surface area (Å²) in [5, 5.41) is 12.1. The van der Waals surface area contributed by atoms with Crippen LogP contribution in [0, 0.1) is 18.3 Å². The molecule has 3 N–H and O–H groups in total. The van der Waals surface area contributed by atoms with Gasteiger partial charge in [0.15, 0.2) is 0 Å². The first kappa shape index (κ1) is 14.9. The fourth-order valence-electron chi connectivity index (χ4n) is 2.37. The van der Waals surface area contributed by atoms with Crippen LogP contribution in [-0.4, -0.2) is 23.9 Å². The van der Waals surface area contributed by atoms with Crippen molar-refractivity contribution < 1.29 is 4.79 Å². The highest BCUT2D eigenvalue weighted by molar-refractivity contribution is 5.97. The number of aryl methyl sites for hydroxylation is 1. The van der Waals surface area contributed by atoms with Crippen molar-refractivity contribution in [3.05, 3.63) is 35.5 Å². The zero-order valence-electron chi connectivity index (χ0n) is 12.2. The molecule has 5 heteroatoms. The molecule has 110 valence electrons. The van der Waals surface area contributed by atoms with E-state index in [0.29, 0.717) is 11.4 Å². The summed E-state index contributed by atoms with van der Waals surface area (Å²) in [6.07, 6.45) is 4.59. The lowest BCUT2D eigenvalue weighted by Crippen LogP contribution is -2.36. The topological polar surface area (TPSA) is 82.2 Å². The second kappa shape index (κ2) is 6.80. The molecule has 0 aliphatic carbocycles. The number of benzene rings is 1.